The second kappa shape index (κ2) is 6.90. The number of amides is 1. The van der Waals surface area contributed by atoms with Crippen LogP contribution in [0.2, 0.25) is 0 Å². The number of H-pyrrole nitrogens is 1. The van der Waals surface area contributed by atoms with Crippen molar-refractivity contribution in [2.45, 2.75) is 26.4 Å². The summed E-state index contributed by atoms with van der Waals surface area (Å²) in [6, 6.07) is 3.39. The lowest BCUT2D eigenvalue weighted by Crippen LogP contribution is -2.40. The molecule has 2 aromatic heterocycles. The predicted molar refractivity (Wildman–Crippen MR) is 92.2 cm³/mol. The van der Waals surface area contributed by atoms with Gasteiger partial charge in [-0.1, -0.05) is 6.92 Å². The van der Waals surface area contributed by atoms with Crippen molar-refractivity contribution in [2.24, 2.45) is 5.92 Å². The highest BCUT2D eigenvalue weighted by atomic mass is 19.1. The fraction of sp³-hybridized carbons (Fsp3) is 0.333. The highest BCUT2D eigenvalue weighted by molar-refractivity contribution is 5.78. The number of hydrogen-bond acceptors (Lipinski definition) is 4. The molecule has 0 unspecified atom stereocenters. The van der Waals surface area contributed by atoms with Crippen molar-refractivity contribution in [1.82, 2.24) is 29.6 Å². The number of halogens is 2. The molecule has 0 radical (unpaired) electrons. The van der Waals surface area contributed by atoms with E-state index in [9.17, 15) is 13.6 Å². The van der Waals surface area contributed by atoms with Crippen molar-refractivity contribution >= 4 is 5.91 Å². The topological polar surface area (TPSA) is 79.7 Å². The van der Waals surface area contributed by atoms with Crippen molar-refractivity contribution < 1.29 is 13.6 Å². The van der Waals surface area contributed by atoms with Crippen LogP contribution in [0.4, 0.5) is 8.78 Å². The number of nitrogens with one attached hydrogen (secondary N) is 1. The Balaban J connectivity index is 1.50. The molecule has 9 heteroatoms. The first-order valence-electron chi connectivity index (χ1n) is 8.65. The zero-order chi connectivity index (χ0) is 19.0. The molecule has 1 N–H and O–H groups in total. The minimum absolute atomic E-state index is 0.0141. The first-order valence-corrected chi connectivity index (χ1v) is 8.65. The van der Waals surface area contributed by atoms with E-state index in [1.54, 1.807) is 15.9 Å². The summed E-state index contributed by atoms with van der Waals surface area (Å²) in [6.45, 7) is 3.23. The SMILES string of the molecule is C[C@H](Cn1cncn1)C(=O)N1CCc2nc(-c3ccc(F)cc3F)[nH]c2C1. The van der Waals surface area contributed by atoms with E-state index in [-0.39, 0.29) is 17.4 Å². The second-order valence-electron chi connectivity index (χ2n) is 6.66. The van der Waals surface area contributed by atoms with Crippen LogP contribution in [0.1, 0.15) is 18.3 Å². The quantitative estimate of drug-likeness (QED) is 0.761. The highest BCUT2D eigenvalue weighted by Crippen LogP contribution is 2.26. The first-order chi connectivity index (χ1) is 13.0. The molecule has 1 aliphatic rings. The number of aromatic nitrogens is 5. The summed E-state index contributed by atoms with van der Waals surface area (Å²) in [5.74, 6) is -1.19. The fourth-order valence-electron chi connectivity index (χ4n) is 3.29. The Hall–Kier alpha value is -3.10. The van der Waals surface area contributed by atoms with Crippen molar-refractivity contribution in [3.8, 4) is 11.4 Å². The highest BCUT2D eigenvalue weighted by Gasteiger charge is 2.27. The number of carbonyl (C=O) groups is 1. The van der Waals surface area contributed by atoms with Gasteiger partial charge < -0.3 is 9.88 Å². The van der Waals surface area contributed by atoms with Gasteiger partial charge in [-0.2, -0.15) is 5.10 Å². The Bertz CT molecular complexity index is 968. The van der Waals surface area contributed by atoms with Crippen molar-refractivity contribution in [3.63, 3.8) is 0 Å². The van der Waals surface area contributed by atoms with Crippen LogP contribution < -0.4 is 0 Å². The molecular formula is C18H18F2N6O. The summed E-state index contributed by atoms with van der Waals surface area (Å²) in [6.07, 6.45) is 3.60. The second-order valence-corrected chi connectivity index (χ2v) is 6.66. The van der Waals surface area contributed by atoms with E-state index in [1.165, 1.54) is 18.5 Å². The maximum absolute atomic E-state index is 14.0. The van der Waals surface area contributed by atoms with Gasteiger partial charge >= 0.3 is 0 Å². The summed E-state index contributed by atoms with van der Waals surface area (Å²) >= 11 is 0. The van der Waals surface area contributed by atoms with Gasteiger partial charge in [0.05, 0.1) is 36.0 Å². The van der Waals surface area contributed by atoms with Crippen molar-refractivity contribution in [3.05, 3.63) is 53.9 Å². The average Bonchev–Trinajstić information content (AvgIpc) is 3.29. The molecule has 0 saturated carbocycles. The van der Waals surface area contributed by atoms with E-state index in [2.05, 4.69) is 20.1 Å². The minimum Gasteiger partial charge on any atom is -0.340 e. The molecule has 3 heterocycles. The fourth-order valence-corrected chi connectivity index (χ4v) is 3.29. The zero-order valence-electron chi connectivity index (χ0n) is 14.7. The average molecular weight is 372 g/mol. The molecule has 1 aromatic carbocycles. The van der Waals surface area contributed by atoms with E-state index in [4.69, 9.17) is 0 Å². The zero-order valence-corrected chi connectivity index (χ0v) is 14.7. The molecule has 0 aliphatic carbocycles. The van der Waals surface area contributed by atoms with Gasteiger partial charge in [0, 0.05) is 19.0 Å². The normalized spacial score (nSPS) is 14.9. The van der Waals surface area contributed by atoms with Crippen LogP contribution in [0.5, 0.6) is 0 Å². The Labute approximate surface area is 154 Å². The monoisotopic (exact) mass is 372 g/mol. The van der Waals surface area contributed by atoms with Crippen LogP contribution in [-0.4, -0.2) is 42.1 Å². The first kappa shape index (κ1) is 17.3. The Kier molecular flexibility index (Phi) is 4.43. The number of fused-ring (bicyclic) bond motifs is 1. The predicted octanol–water partition coefficient (Wildman–Crippen LogP) is 2.17. The lowest BCUT2D eigenvalue weighted by Gasteiger charge is -2.28. The molecular weight excluding hydrogens is 354 g/mol. The van der Waals surface area contributed by atoms with Crippen LogP contribution >= 0.6 is 0 Å². The number of imidazole rings is 1. The summed E-state index contributed by atoms with van der Waals surface area (Å²) < 4.78 is 28.8. The number of nitrogens with zero attached hydrogens (tertiary/aromatic N) is 5. The maximum atomic E-state index is 14.0. The molecule has 1 aliphatic heterocycles. The molecule has 7 nitrogen and oxygen atoms in total. The molecule has 1 atom stereocenters. The van der Waals surface area contributed by atoms with Gasteiger partial charge in [-0.15, -0.1) is 0 Å². The number of carbonyl (C=O) groups excluding carboxylic acids is 1. The van der Waals surface area contributed by atoms with Crippen molar-refractivity contribution in [2.75, 3.05) is 6.54 Å². The molecule has 3 aromatic rings. The van der Waals surface area contributed by atoms with Crippen molar-refractivity contribution in [1.29, 1.82) is 0 Å². The smallest absolute Gasteiger partial charge is 0.227 e. The van der Waals surface area contributed by atoms with Gasteiger partial charge in [0.15, 0.2) is 0 Å². The van der Waals surface area contributed by atoms with Gasteiger partial charge in [-0.05, 0) is 12.1 Å². The summed E-state index contributed by atoms with van der Waals surface area (Å²) in [5, 5.41) is 4.03. The van der Waals surface area contributed by atoms with Gasteiger partial charge in [0.1, 0.15) is 30.1 Å². The molecule has 140 valence electrons. The lowest BCUT2D eigenvalue weighted by atomic mass is 10.1. The van der Waals surface area contributed by atoms with Gasteiger partial charge in [-0.25, -0.2) is 18.7 Å². The van der Waals surface area contributed by atoms with E-state index in [0.717, 1.165) is 17.5 Å². The Morgan fingerprint density at radius 1 is 1.37 bits per heavy atom. The summed E-state index contributed by atoms with van der Waals surface area (Å²) in [7, 11) is 0. The summed E-state index contributed by atoms with van der Waals surface area (Å²) in [4.78, 5) is 25.9. The number of rotatable bonds is 4. The number of hydrogen-bond donors (Lipinski definition) is 1. The maximum Gasteiger partial charge on any atom is 0.227 e. The van der Waals surface area contributed by atoms with Crippen LogP contribution in [-0.2, 0) is 24.3 Å². The lowest BCUT2D eigenvalue weighted by molar-refractivity contribution is -0.136. The largest absolute Gasteiger partial charge is 0.340 e. The number of benzene rings is 1. The molecule has 27 heavy (non-hydrogen) atoms. The van der Waals surface area contributed by atoms with Crippen LogP contribution in [0.3, 0.4) is 0 Å². The van der Waals surface area contributed by atoms with E-state index in [0.29, 0.717) is 31.9 Å². The van der Waals surface area contributed by atoms with Gasteiger partial charge in [-0.3, -0.25) is 9.48 Å². The molecule has 0 spiro atoms. The van der Waals surface area contributed by atoms with Crippen LogP contribution in [0, 0.1) is 17.6 Å². The summed E-state index contributed by atoms with van der Waals surface area (Å²) in [5.41, 5.74) is 1.80. The molecule has 1 amide bonds. The molecule has 0 fully saturated rings. The molecule has 0 saturated heterocycles. The third kappa shape index (κ3) is 3.44. The third-order valence-corrected chi connectivity index (χ3v) is 4.68. The van der Waals surface area contributed by atoms with Gasteiger partial charge in [0.25, 0.3) is 0 Å². The van der Waals surface area contributed by atoms with E-state index in [1.807, 2.05) is 6.92 Å². The standard InChI is InChI=1S/C18H18F2N6O/c1-11(7-26-10-21-9-22-26)18(27)25-5-4-15-16(8-25)24-17(23-15)13-3-2-12(19)6-14(13)20/h2-3,6,9-11H,4-5,7-8H2,1H3,(H,23,24)/t11-/m1/s1. The molecule has 4 rings (SSSR count). The minimum atomic E-state index is -0.671. The Morgan fingerprint density at radius 2 is 2.22 bits per heavy atom. The van der Waals surface area contributed by atoms with Crippen LogP contribution in [0.15, 0.2) is 30.9 Å². The van der Waals surface area contributed by atoms with E-state index >= 15 is 0 Å². The molecule has 0 bridgehead atoms. The Morgan fingerprint density at radius 3 is 2.96 bits per heavy atom. The van der Waals surface area contributed by atoms with Gasteiger partial charge in [0.2, 0.25) is 5.91 Å². The van der Waals surface area contributed by atoms with Crippen LogP contribution in [0.25, 0.3) is 11.4 Å². The third-order valence-electron chi connectivity index (χ3n) is 4.68. The van der Waals surface area contributed by atoms with E-state index < -0.39 is 11.6 Å². The number of aromatic amines is 1.